The Bertz CT molecular complexity index is 409. The Morgan fingerprint density at radius 2 is 2.29 bits per heavy atom. The summed E-state index contributed by atoms with van der Waals surface area (Å²) in [5.74, 6) is -1.13. The van der Waals surface area contributed by atoms with Crippen molar-refractivity contribution < 1.29 is 9.90 Å². The molecule has 0 saturated carbocycles. The van der Waals surface area contributed by atoms with Gasteiger partial charge in [0.2, 0.25) is 0 Å². The molecule has 0 fully saturated rings. The molecule has 76 valence electrons. The molecular weight excluding hydrogens is 184 g/mol. The molecule has 0 bridgehead atoms. The summed E-state index contributed by atoms with van der Waals surface area (Å²) in [7, 11) is 0. The van der Waals surface area contributed by atoms with Crippen molar-refractivity contribution in [1.82, 2.24) is 4.98 Å². The third kappa shape index (κ3) is 1.93. The van der Waals surface area contributed by atoms with E-state index in [1.54, 1.807) is 0 Å². The summed E-state index contributed by atoms with van der Waals surface area (Å²) >= 11 is 0. The number of hydrogen-bond acceptors (Lipinski definition) is 3. The number of nitrogen functional groups attached to an aromatic ring is 1. The Balaban J connectivity index is 3.31. The van der Waals surface area contributed by atoms with Gasteiger partial charge >= 0.3 is 5.97 Å². The van der Waals surface area contributed by atoms with Crippen LogP contribution in [0.4, 0.5) is 5.69 Å². The Kier molecular flexibility index (Phi) is 2.91. The summed E-state index contributed by atoms with van der Waals surface area (Å²) in [6, 6.07) is 1.42. The molecule has 0 radical (unpaired) electrons. The first-order chi connectivity index (χ1) is 6.56. The lowest BCUT2D eigenvalue weighted by atomic mass is 10.1. The predicted octanol–water partition coefficient (Wildman–Crippen LogP) is 0.608. The molecule has 0 amide bonds. The maximum atomic E-state index is 11.1. The average Bonchev–Trinajstić information content (AvgIpc) is 2.11. The third-order valence-electron chi connectivity index (χ3n) is 1.88. The van der Waals surface area contributed by atoms with Gasteiger partial charge in [-0.05, 0) is 18.1 Å². The molecule has 0 aliphatic carbocycles. The normalized spacial score (nSPS) is 10.1. The number of anilines is 1. The number of aromatic carboxylic acids is 1. The molecule has 0 aliphatic rings. The van der Waals surface area contributed by atoms with Crippen molar-refractivity contribution in [2.45, 2.75) is 19.8 Å². The molecule has 4 N–H and O–H groups in total. The van der Waals surface area contributed by atoms with E-state index in [-0.39, 0.29) is 11.4 Å². The van der Waals surface area contributed by atoms with Gasteiger partial charge in [-0.3, -0.25) is 4.79 Å². The summed E-state index contributed by atoms with van der Waals surface area (Å²) in [4.78, 5) is 24.1. The Morgan fingerprint density at radius 1 is 1.64 bits per heavy atom. The fourth-order valence-corrected chi connectivity index (χ4v) is 1.25. The maximum Gasteiger partial charge on any atom is 0.352 e. The molecule has 0 atom stereocenters. The fraction of sp³-hybridized carbons (Fsp3) is 0.333. The summed E-state index contributed by atoms with van der Waals surface area (Å²) < 4.78 is 0. The van der Waals surface area contributed by atoms with Crippen LogP contribution in [0.2, 0.25) is 0 Å². The van der Waals surface area contributed by atoms with Crippen LogP contribution < -0.4 is 11.3 Å². The van der Waals surface area contributed by atoms with Crippen LogP contribution in [0.25, 0.3) is 0 Å². The minimum atomic E-state index is -1.13. The molecule has 5 nitrogen and oxygen atoms in total. The van der Waals surface area contributed by atoms with E-state index in [2.05, 4.69) is 4.98 Å². The maximum absolute atomic E-state index is 11.1. The summed E-state index contributed by atoms with van der Waals surface area (Å²) in [5.41, 5.74) is 5.39. The number of aromatic amines is 1. The zero-order valence-electron chi connectivity index (χ0n) is 7.83. The zero-order chi connectivity index (χ0) is 10.7. The van der Waals surface area contributed by atoms with Crippen molar-refractivity contribution in [3.8, 4) is 0 Å². The van der Waals surface area contributed by atoms with Gasteiger partial charge in [0.1, 0.15) is 5.69 Å². The number of nitrogens with one attached hydrogen (secondary N) is 1. The summed E-state index contributed by atoms with van der Waals surface area (Å²) in [6.45, 7) is 1.92. The lowest BCUT2D eigenvalue weighted by Gasteiger charge is -2.04. The summed E-state index contributed by atoms with van der Waals surface area (Å²) in [6.07, 6.45) is 1.38. The van der Waals surface area contributed by atoms with Gasteiger partial charge in [0.25, 0.3) is 5.56 Å². The SMILES string of the molecule is CCCc1cc(N)c(=O)[nH]c1C(=O)O. The number of hydrogen-bond donors (Lipinski definition) is 3. The topological polar surface area (TPSA) is 96.2 Å². The lowest BCUT2D eigenvalue weighted by Crippen LogP contribution is -2.18. The smallest absolute Gasteiger partial charge is 0.352 e. The van der Waals surface area contributed by atoms with Gasteiger partial charge in [-0.25, -0.2) is 4.79 Å². The van der Waals surface area contributed by atoms with Gasteiger partial charge in [-0.1, -0.05) is 13.3 Å². The van der Waals surface area contributed by atoms with Gasteiger partial charge in [-0.2, -0.15) is 0 Å². The molecule has 0 aliphatic heterocycles. The van der Waals surface area contributed by atoms with Crippen molar-refractivity contribution in [2.75, 3.05) is 5.73 Å². The molecule has 1 aromatic rings. The first kappa shape index (κ1) is 10.3. The van der Waals surface area contributed by atoms with Crippen LogP contribution in [-0.2, 0) is 6.42 Å². The number of carbonyl (C=O) groups is 1. The van der Waals surface area contributed by atoms with Crippen LogP contribution >= 0.6 is 0 Å². The van der Waals surface area contributed by atoms with Gasteiger partial charge in [0.15, 0.2) is 0 Å². The Morgan fingerprint density at radius 3 is 2.79 bits per heavy atom. The molecule has 0 unspecified atom stereocenters. The molecule has 0 aromatic carbocycles. The van der Waals surface area contributed by atoms with E-state index in [0.717, 1.165) is 6.42 Å². The van der Waals surface area contributed by atoms with E-state index >= 15 is 0 Å². The van der Waals surface area contributed by atoms with E-state index in [0.29, 0.717) is 12.0 Å². The van der Waals surface area contributed by atoms with Crippen molar-refractivity contribution in [3.05, 3.63) is 27.7 Å². The predicted molar refractivity (Wildman–Crippen MR) is 52.4 cm³/mol. The Hall–Kier alpha value is -1.78. The quantitative estimate of drug-likeness (QED) is 0.659. The second kappa shape index (κ2) is 3.95. The minimum absolute atomic E-state index is 0.0541. The van der Waals surface area contributed by atoms with Crippen LogP contribution in [-0.4, -0.2) is 16.1 Å². The first-order valence-electron chi connectivity index (χ1n) is 4.31. The molecule has 0 saturated heterocycles. The van der Waals surface area contributed by atoms with Crippen LogP contribution in [0.1, 0.15) is 29.4 Å². The number of aryl methyl sites for hydroxylation is 1. The first-order valence-corrected chi connectivity index (χ1v) is 4.31. The van der Waals surface area contributed by atoms with E-state index in [1.165, 1.54) is 6.07 Å². The number of carboxylic acids is 1. The number of pyridine rings is 1. The van der Waals surface area contributed by atoms with E-state index in [9.17, 15) is 9.59 Å². The molecule has 5 heteroatoms. The number of carboxylic acid groups (broad SMARTS) is 1. The number of H-pyrrole nitrogens is 1. The highest BCUT2D eigenvalue weighted by atomic mass is 16.4. The number of rotatable bonds is 3. The molecular formula is C9H12N2O3. The fourth-order valence-electron chi connectivity index (χ4n) is 1.25. The van der Waals surface area contributed by atoms with Crippen molar-refractivity contribution >= 4 is 11.7 Å². The van der Waals surface area contributed by atoms with Crippen molar-refractivity contribution in [2.24, 2.45) is 0 Å². The summed E-state index contributed by atoms with van der Waals surface area (Å²) in [5, 5.41) is 8.80. The average molecular weight is 196 g/mol. The molecule has 1 rings (SSSR count). The van der Waals surface area contributed by atoms with Gasteiger partial charge < -0.3 is 15.8 Å². The van der Waals surface area contributed by atoms with Crippen molar-refractivity contribution in [3.63, 3.8) is 0 Å². The second-order valence-electron chi connectivity index (χ2n) is 3.01. The van der Waals surface area contributed by atoms with Crippen LogP contribution in [0.3, 0.4) is 0 Å². The van der Waals surface area contributed by atoms with Crippen molar-refractivity contribution in [1.29, 1.82) is 0 Å². The standard InChI is InChI=1S/C9H12N2O3/c1-2-3-5-4-6(10)8(12)11-7(5)9(13)14/h4H,2-3,10H2,1H3,(H,11,12)(H,13,14). The Labute approximate surface area is 80.6 Å². The second-order valence-corrected chi connectivity index (χ2v) is 3.01. The number of nitrogens with two attached hydrogens (primary N) is 1. The molecule has 1 aromatic heterocycles. The van der Waals surface area contributed by atoms with E-state index in [4.69, 9.17) is 10.8 Å². The van der Waals surface area contributed by atoms with Crippen LogP contribution in [0, 0.1) is 0 Å². The molecule has 1 heterocycles. The molecule has 0 spiro atoms. The van der Waals surface area contributed by atoms with Gasteiger partial charge in [0.05, 0.1) is 5.69 Å². The van der Waals surface area contributed by atoms with Gasteiger partial charge in [0, 0.05) is 0 Å². The number of aromatic nitrogens is 1. The van der Waals surface area contributed by atoms with Gasteiger partial charge in [-0.15, -0.1) is 0 Å². The molecule has 14 heavy (non-hydrogen) atoms. The van der Waals surface area contributed by atoms with E-state index < -0.39 is 11.5 Å². The monoisotopic (exact) mass is 196 g/mol. The van der Waals surface area contributed by atoms with Crippen LogP contribution in [0.15, 0.2) is 10.9 Å². The highest BCUT2D eigenvalue weighted by Gasteiger charge is 2.12. The largest absolute Gasteiger partial charge is 0.477 e. The van der Waals surface area contributed by atoms with E-state index in [1.807, 2.05) is 6.92 Å². The highest BCUT2D eigenvalue weighted by Crippen LogP contribution is 2.09. The van der Waals surface area contributed by atoms with Crippen LogP contribution in [0.5, 0.6) is 0 Å². The third-order valence-corrected chi connectivity index (χ3v) is 1.88. The minimum Gasteiger partial charge on any atom is -0.477 e. The highest BCUT2D eigenvalue weighted by molar-refractivity contribution is 5.87. The lowest BCUT2D eigenvalue weighted by molar-refractivity contribution is 0.0689. The zero-order valence-corrected chi connectivity index (χ0v) is 7.83.